The SMILES string of the molecule is CCCNc1cc(-c2ccc(C)c(Cl)c2)nc(C2CC2)n1. The Hall–Kier alpha value is -1.61. The molecular formula is C17H20ClN3. The molecule has 21 heavy (non-hydrogen) atoms. The Balaban J connectivity index is 1.99. The van der Waals surface area contributed by atoms with Gasteiger partial charge in [-0.3, -0.25) is 0 Å². The fourth-order valence-corrected chi connectivity index (χ4v) is 2.41. The minimum absolute atomic E-state index is 0.535. The highest BCUT2D eigenvalue weighted by Crippen LogP contribution is 2.39. The second-order valence-electron chi connectivity index (χ2n) is 5.66. The van der Waals surface area contributed by atoms with E-state index in [1.807, 2.05) is 25.1 Å². The predicted octanol–water partition coefficient (Wildman–Crippen LogP) is 4.80. The van der Waals surface area contributed by atoms with Gasteiger partial charge < -0.3 is 5.32 Å². The average Bonchev–Trinajstić information content (AvgIpc) is 3.32. The van der Waals surface area contributed by atoms with E-state index in [0.717, 1.165) is 46.5 Å². The van der Waals surface area contributed by atoms with Crippen LogP contribution in [-0.4, -0.2) is 16.5 Å². The third-order valence-corrected chi connectivity index (χ3v) is 4.12. The van der Waals surface area contributed by atoms with E-state index >= 15 is 0 Å². The number of nitrogens with zero attached hydrogens (tertiary/aromatic N) is 2. The van der Waals surface area contributed by atoms with Gasteiger partial charge in [0.25, 0.3) is 0 Å². The first-order valence-corrected chi connectivity index (χ1v) is 7.94. The van der Waals surface area contributed by atoms with Crippen LogP contribution < -0.4 is 5.32 Å². The fourth-order valence-electron chi connectivity index (χ4n) is 2.23. The molecule has 3 rings (SSSR count). The number of anilines is 1. The number of halogens is 1. The first-order chi connectivity index (χ1) is 10.2. The van der Waals surface area contributed by atoms with Crippen LogP contribution in [0.4, 0.5) is 5.82 Å². The molecule has 110 valence electrons. The van der Waals surface area contributed by atoms with Crippen molar-refractivity contribution >= 4 is 17.4 Å². The van der Waals surface area contributed by atoms with Crippen LogP contribution in [0.15, 0.2) is 24.3 Å². The van der Waals surface area contributed by atoms with Crippen molar-refractivity contribution in [2.75, 3.05) is 11.9 Å². The molecule has 1 aliphatic carbocycles. The molecule has 0 spiro atoms. The molecule has 2 aromatic rings. The fraction of sp³-hybridized carbons (Fsp3) is 0.412. The van der Waals surface area contributed by atoms with Crippen LogP contribution in [0, 0.1) is 6.92 Å². The van der Waals surface area contributed by atoms with Gasteiger partial charge in [0.1, 0.15) is 11.6 Å². The summed E-state index contributed by atoms with van der Waals surface area (Å²) in [5, 5.41) is 4.15. The summed E-state index contributed by atoms with van der Waals surface area (Å²) >= 11 is 6.24. The van der Waals surface area contributed by atoms with Crippen molar-refractivity contribution in [3.8, 4) is 11.3 Å². The van der Waals surface area contributed by atoms with Crippen LogP contribution in [0.25, 0.3) is 11.3 Å². The highest BCUT2D eigenvalue weighted by atomic mass is 35.5. The smallest absolute Gasteiger partial charge is 0.134 e. The van der Waals surface area contributed by atoms with E-state index in [1.165, 1.54) is 12.8 Å². The summed E-state index contributed by atoms with van der Waals surface area (Å²) in [6.07, 6.45) is 3.48. The van der Waals surface area contributed by atoms with Crippen molar-refractivity contribution in [3.05, 3.63) is 40.7 Å². The average molecular weight is 302 g/mol. The summed E-state index contributed by atoms with van der Waals surface area (Å²) in [5.74, 6) is 2.41. The molecule has 0 amide bonds. The van der Waals surface area contributed by atoms with Gasteiger partial charge >= 0.3 is 0 Å². The Morgan fingerprint density at radius 2 is 2.05 bits per heavy atom. The van der Waals surface area contributed by atoms with E-state index in [0.29, 0.717) is 5.92 Å². The van der Waals surface area contributed by atoms with Crippen LogP contribution in [0.3, 0.4) is 0 Å². The molecule has 0 atom stereocenters. The van der Waals surface area contributed by atoms with Crippen LogP contribution in [0.5, 0.6) is 0 Å². The number of hydrogen-bond donors (Lipinski definition) is 1. The maximum absolute atomic E-state index is 6.24. The van der Waals surface area contributed by atoms with Crippen LogP contribution in [-0.2, 0) is 0 Å². The predicted molar refractivity (Wildman–Crippen MR) is 88.0 cm³/mol. The van der Waals surface area contributed by atoms with Crippen LogP contribution in [0.2, 0.25) is 5.02 Å². The van der Waals surface area contributed by atoms with E-state index in [1.54, 1.807) is 0 Å². The first-order valence-electron chi connectivity index (χ1n) is 7.56. The molecule has 4 heteroatoms. The van der Waals surface area contributed by atoms with Crippen LogP contribution >= 0.6 is 11.6 Å². The lowest BCUT2D eigenvalue weighted by Gasteiger charge is -2.10. The van der Waals surface area contributed by atoms with Gasteiger partial charge in [-0.05, 0) is 37.8 Å². The maximum atomic E-state index is 6.24. The molecule has 3 nitrogen and oxygen atoms in total. The molecule has 0 radical (unpaired) electrons. The Bertz CT molecular complexity index is 650. The van der Waals surface area contributed by atoms with Gasteiger partial charge in [0.2, 0.25) is 0 Å². The van der Waals surface area contributed by atoms with E-state index in [-0.39, 0.29) is 0 Å². The van der Waals surface area contributed by atoms with Gasteiger partial charge in [-0.2, -0.15) is 0 Å². The zero-order valence-electron chi connectivity index (χ0n) is 12.5. The molecule has 1 fully saturated rings. The molecule has 1 aromatic carbocycles. The third kappa shape index (κ3) is 3.35. The Morgan fingerprint density at radius 1 is 1.24 bits per heavy atom. The summed E-state index contributed by atoms with van der Waals surface area (Å²) < 4.78 is 0. The number of aromatic nitrogens is 2. The molecule has 0 unspecified atom stereocenters. The summed E-state index contributed by atoms with van der Waals surface area (Å²) in [7, 11) is 0. The van der Waals surface area contributed by atoms with Crippen molar-refractivity contribution in [3.63, 3.8) is 0 Å². The largest absolute Gasteiger partial charge is 0.370 e. The third-order valence-electron chi connectivity index (χ3n) is 3.71. The molecule has 1 heterocycles. The minimum atomic E-state index is 0.535. The molecule has 0 bridgehead atoms. The zero-order valence-corrected chi connectivity index (χ0v) is 13.2. The van der Waals surface area contributed by atoms with E-state index in [9.17, 15) is 0 Å². The highest BCUT2D eigenvalue weighted by Gasteiger charge is 2.27. The lowest BCUT2D eigenvalue weighted by Crippen LogP contribution is -2.05. The normalized spacial score (nSPS) is 14.2. The van der Waals surface area contributed by atoms with Crippen LogP contribution in [0.1, 0.15) is 43.5 Å². The first kappa shape index (κ1) is 14.3. The molecule has 0 saturated heterocycles. The summed E-state index contributed by atoms with van der Waals surface area (Å²) in [4.78, 5) is 9.38. The Labute approximate surface area is 130 Å². The quantitative estimate of drug-likeness (QED) is 0.861. The second-order valence-corrected chi connectivity index (χ2v) is 6.07. The van der Waals surface area contributed by atoms with Gasteiger partial charge in [-0.15, -0.1) is 0 Å². The lowest BCUT2D eigenvalue weighted by molar-refractivity contribution is 0.911. The number of hydrogen-bond acceptors (Lipinski definition) is 3. The maximum Gasteiger partial charge on any atom is 0.134 e. The van der Waals surface area contributed by atoms with Crippen molar-refractivity contribution < 1.29 is 0 Å². The van der Waals surface area contributed by atoms with E-state index < -0.39 is 0 Å². The summed E-state index contributed by atoms with van der Waals surface area (Å²) in [5.41, 5.74) is 3.09. The van der Waals surface area contributed by atoms with Gasteiger partial charge in [-0.1, -0.05) is 30.7 Å². The summed E-state index contributed by atoms with van der Waals surface area (Å²) in [6.45, 7) is 5.09. The number of rotatable bonds is 5. The molecule has 0 aliphatic heterocycles. The molecule has 1 aromatic heterocycles. The van der Waals surface area contributed by atoms with E-state index in [4.69, 9.17) is 16.6 Å². The molecule has 1 N–H and O–H groups in total. The van der Waals surface area contributed by atoms with Crippen molar-refractivity contribution in [1.29, 1.82) is 0 Å². The van der Waals surface area contributed by atoms with Gasteiger partial charge in [0.05, 0.1) is 5.69 Å². The second kappa shape index (κ2) is 6.02. The summed E-state index contributed by atoms with van der Waals surface area (Å²) in [6, 6.07) is 8.11. The van der Waals surface area contributed by atoms with E-state index in [2.05, 4.69) is 23.3 Å². The van der Waals surface area contributed by atoms with Crippen molar-refractivity contribution in [1.82, 2.24) is 9.97 Å². The number of benzene rings is 1. The monoisotopic (exact) mass is 301 g/mol. The van der Waals surface area contributed by atoms with Crippen molar-refractivity contribution in [2.45, 2.75) is 39.0 Å². The zero-order chi connectivity index (χ0) is 14.8. The Morgan fingerprint density at radius 3 is 2.71 bits per heavy atom. The van der Waals surface area contributed by atoms with Gasteiger partial charge in [-0.25, -0.2) is 9.97 Å². The minimum Gasteiger partial charge on any atom is -0.370 e. The highest BCUT2D eigenvalue weighted by molar-refractivity contribution is 6.31. The molecule has 1 saturated carbocycles. The van der Waals surface area contributed by atoms with Crippen molar-refractivity contribution in [2.24, 2.45) is 0 Å². The van der Waals surface area contributed by atoms with Gasteiger partial charge in [0.15, 0.2) is 0 Å². The standard InChI is InChI=1S/C17H20ClN3/c1-3-8-19-16-10-15(20-17(21-16)12-6-7-12)13-5-4-11(2)14(18)9-13/h4-5,9-10,12H,3,6-8H2,1-2H3,(H,19,20,21). The topological polar surface area (TPSA) is 37.8 Å². The molecule has 1 aliphatic rings. The van der Waals surface area contributed by atoms with Gasteiger partial charge in [0, 0.05) is 29.1 Å². The number of nitrogens with one attached hydrogen (secondary N) is 1. The lowest BCUT2D eigenvalue weighted by atomic mass is 10.1. The Kier molecular flexibility index (Phi) is 4.11. The molecular weight excluding hydrogens is 282 g/mol. The number of aryl methyl sites for hydroxylation is 1.